The van der Waals surface area contributed by atoms with Crippen LogP contribution >= 0.6 is 0 Å². The van der Waals surface area contributed by atoms with Crippen molar-refractivity contribution in [2.75, 3.05) is 20.2 Å². The van der Waals surface area contributed by atoms with Gasteiger partial charge in [-0.2, -0.15) is 0 Å². The molecular formula is C15H22FNO. The molecule has 2 nitrogen and oxygen atoms in total. The van der Waals surface area contributed by atoms with Gasteiger partial charge in [-0.1, -0.05) is 25.0 Å². The zero-order valence-corrected chi connectivity index (χ0v) is 11.0. The van der Waals surface area contributed by atoms with Crippen LogP contribution in [0.4, 0.5) is 4.39 Å². The van der Waals surface area contributed by atoms with Gasteiger partial charge in [0.25, 0.3) is 0 Å². The zero-order valence-electron chi connectivity index (χ0n) is 11.0. The van der Waals surface area contributed by atoms with Crippen LogP contribution < -0.4 is 5.32 Å². The molecule has 1 fully saturated rings. The fourth-order valence-electron chi connectivity index (χ4n) is 2.57. The molecule has 0 bridgehead atoms. The fourth-order valence-corrected chi connectivity index (χ4v) is 2.57. The van der Waals surface area contributed by atoms with E-state index in [2.05, 4.69) is 5.32 Å². The Morgan fingerprint density at radius 2 is 1.94 bits per heavy atom. The molecule has 100 valence electrons. The van der Waals surface area contributed by atoms with E-state index in [9.17, 15) is 4.39 Å². The van der Waals surface area contributed by atoms with Crippen LogP contribution in [0.2, 0.25) is 0 Å². The Kier molecular flexibility index (Phi) is 5.14. The third-order valence-corrected chi connectivity index (χ3v) is 3.64. The summed E-state index contributed by atoms with van der Waals surface area (Å²) in [6, 6.07) is 6.62. The molecule has 1 aliphatic carbocycles. The van der Waals surface area contributed by atoms with Crippen molar-refractivity contribution < 1.29 is 9.13 Å². The number of halogens is 1. The molecule has 1 N–H and O–H groups in total. The highest BCUT2D eigenvalue weighted by molar-refractivity contribution is 5.19. The number of likely N-dealkylation sites (N-methyl/N-ethyl adjacent to an activating group) is 1. The quantitative estimate of drug-likeness (QED) is 0.837. The largest absolute Gasteiger partial charge is 0.372 e. The van der Waals surface area contributed by atoms with Crippen LogP contribution in [-0.2, 0) is 4.74 Å². The van der Waals surface area contributed by atoms with Crippen LogP contribution in [0.1, 0.15) is 37.4 Å². The highest BCUT2D eigenvalue weighted by atomic mass is 19.1. The van der Waals surface area contributed by atoms with Crippen molar-refractivity contribution in [1.29, 1.82) is 0 Å². The first-order valence-corrected chi connectivity index (χ1v) is 6.81. The maximum absolute atomic E-state index is 12.9. The maximum atomic E-state index is 12.9. The number of hydrogen-bond donors (Lipinski definition) is 1. The first kappa shape index (κ1) is 13.5. The predicted octanol–water partition coefficient (Wildman–Crippen LogP) is 3.29. The van der Waals surface area contributed by atoms with Crippen LogP contribution in [0.5, 0.6) is 0 Å². The van der Waals surface area contributed by atoms with E-state index >= 15 is 0 Å². The molecule has 1 aromatic carbocycles. The van der Waals surface area contributed by atoms with Gasteiger partial charge in [0.1, 0.15) is 5.82 Å². The average Bonchev–Trinajstić information content (AvgIpc) is 2.89. The molecule has 2 rings (SSSR count). The summed E-state index contributed by atoms with van der Waals surface area (Å²) < 4.78 is 18.9. The lowest BCUT2D eigenvalue weighted by molar-refractivity contribution is 0.0305. The van der Waals surface area contributed by atoms with Gasteiger partial charge in [-0.05, 0) is 43.5 Å². The summed E-state index contributed by atoms with van der Waals surface area (Å²) in [5.41, 5.74) is 1.05. The lowest BCUT2D eigenvalue weighted by Crippen LogP contribution is -2.21. The molecule has 0 spiro atoms. The Labute approximate surface area is 109 Å². The van der Waals surface area contributed by atoms with Crippen molar-refractivity contribution in [2.45, 2.75) is 31.8 Å². The second-order valence-corrected chi connectivity index (χ2v) is 5.08. The first-order valence-electron chi connectivity index (χ1n) is 6.81. The van der Waals surface area contributed by atoms with Crippen LogP contribution in [0.15, 0.2) is 24.3 Å². The van der Waals surface area contributed by atoms with Crippen LogP contribution in [0.25, 0.3) is 0 Å². The SMILES string of the molecule is CNCC(OCC1CCCC1)c1ccc(F)cc1. The van der Waals surface area contributed by atoms with Crippen molar-refractivity contribution >= 4 is 0 Å². The van der Waals surface area contributed by atoms with Gasteiger partial charge in [-0.25, -0.2) is 4.39 Å². The number of benzene rings is 1. The predicted molar refractivity (Wildman–Crippen MR) is 71.0 cm³/mol. The minimum absolute atomic E-state index is 0.0243. The Hall–Kier alpha value is -0.930. The van der Waals surface area contributed by atoms with Gasteiger partial charge in [0, 0.05) is 6.54 Å². The molecule has 1 aliphatic rings. The van der Waals surface area contributed by atoms with Crippen LogP contribution in [-0.4, -0.2) is 20.2 Å². The molecule has 1 saturated carbocycles. The highest BCUT2D eigenvalue weighted by Gasteiger charge is 2.18. The molecular weight excluding hydrogens is 229 g/mol. The van der Waals surface area contributed by atoms with Gasteiger partial charge in [0.2, 0.25) is 0 Å². The lowest BCUT2D eigenvalue weighted by atomic mass is 10.1. The summed E-state index contributed by atoms with van der Waals surface area (Å²) in [5, 5.41) is 3.14. The smallest absolute Gasteiger partial charge is 0.123 e. The van der Waals surface area contributed by atoms with E-state index in [1.54, 1.807) is 0 Å². The monoisotopic (exact) mass is 251 g/mol. The van der Waals surface area contributed by atoms with E-state index in [-0.39, 0.29) is 11.9 Å². The topological polar surface area (TPSA) is 21.3 Å². The Bertz CT molecular complexity index is 346. The summed E-state index contributed by atoms with van der Waals surface area (Å²) in [6.07, 6.45) is 5.27. The van der Waals surface area contributed by atoms with Crippen molar-refractivity contribution in [1.82, 2.24) is 5.32 Å². The third-order valence-electron chi connectivity index (χ3n) is 3.64. The summed E-state index contributed by atoms with van der Waals surface area (Å²) in [6.45, 7) is 1.59. The molecule has 0 saturated heterocycles. The molecule has 1 unspecified atom stereocenters. The molecule has 1 atom stereocenters. The molecule has 0 aromatic heterocycles. The van der Waals surface area contributed by atoms with Gasteiger partial charge < -0.3 is 10.1 Å². The van der Waals surface area contributed by atoms with Gasteiger partial charge in [0.15, 0.2) is 0 Å². The van der Waals surface area contributed by atoms with Crippen molar-refractivity contribution in [3.63, 3.8) is 0 Å². The molecule has 18 heavy (non-hydrogen) atoms. The van der Waals surface area contributed by atoms with E-state index in [0.29, 0.717) is 5.92 Å². The van der Waals surface area contributed by atoms with E-state index in [1.165, 1.54) is 37.8 Å². The second kappa shape index (κ2) is 6.86. The van der Waals surface area contributed by atoms with Gasteiger partial charge >= 0.3 is 0 Å². The third kappa shape index (κ3) is 3.79. The van der Waals surface area contributed by atoms with Crippen LogP contribution in [0, 0.1) is 11.7 Å². The molecule has 0 aliphatic heterocycles. The van der Waals surface area contributed by atoms with Crippen molar-refractivity contribution in [3.05, 3.63) is 35.6 Å². The number of rotatable bonds is 6. The molecule has 3 heteroatoms. The molecule has 1 aromatic rings. The van der Waals surface area contributed by atoms with Gasteiger partial charge in [-0.3, -0.25) is 0 Å². The zero-order chi connectivity index (χ0) is 12.8. The lowest BCUT2D eigenvalue weighted by Gasteiger charge is -2.20. The normalized spacial score (nSPS) is 18.1. The van der Waals surface area contributed by atoms with E-state index in [0.717, 1.165) is 18.7 Å². The first-order chi connectivity index (χ1) is 8.79. The molecule has 0 amide bonds. The van der Waals surface area contributed by atoms with E-state index in [1.807, 2.05) is 19.2 Å². The average molecular weight is 251 g/mol. The second-order valence-electron chi connectivity index (χ2n) is 5.08. The van der Waals surface area contributed by atoms with Gasteiger partial charge in [-0.15, -0.1) is 0 Å². The minimum Gasteiger partial charge on any atom is -0.372 e. The fraction of sp³-hybridized carbons (Fsp3) is 0.600. The summed E-state index contributed by atoms with van der Waals surface area (Å²) in [7, 11) is 1.91. The van der Waals surface area contributed by atoms with E-state index in [4.69, 9.17) is 4.74 Å². The standard InChI is InChI=1S/C15H22FNO/c1-17-10-15(13-6-8-14(16)9-7-13)18-11-12-4-2-3-5-12/h6-9,12,15,17H,2-5,10-11H2,1H3. The number of nitrogens with one attached hydrogen (secondary N) is 1. The van der Waals surface area contributed by atoms with Crippen LogP contribution in [0.3, 0.4) is 0 Å². The van der Waals surface area contributed by atoms with Gasteiger partial charge in [0.05, 0.1) is 12.7 Å². The molecule has 0 heterocycles. The maximum Gasteiger partial charge on any atom is 0.123 e. The number of hydrogen-bond acceptors (Lipinski definition) is 2. The minimum atomic E-state index is -0.197. The Morgan fingerprint density at radius 3 is 2.56 bits per heavy atom. The summed E-state index contributed by atoms with van der Waals surface area (Å²) >= 11 is 0. The Morgan fingerprint density at radius 1 is 1.28 bits per heavy atom. The van der Waals surface area contributed by atoms with Crippen molar-refractivity contribution in [3.8, 4) is 0 Å². The summed E-state index contributed by atoms with van der Waals surface area (Å²) in [5.74, 6) is 0.516. The molecule has 0 radical (unpaired) electrons. The Balaban J connectivity index is 1.91. The number of ether oxygens (including phenoxy) is 1. The van der Waals surface area contributed by atoms with E-state index < -0.39 is 0 Å². The summed E-state index contributed by atoms with van der Waals surface area (Å²) in [4.78, 5) is 0. The highest BCUT2D eigenvalue weighted by Crippen LogP contribution is 2.27. The van der Waals surface area contributed by atoms with Crippen molar-refractivity contribution in [2.24, 2.45) is 5.92 Å².